The van der Waals surface area contributed by atoms with Gasteiger partial charge in [0.2, 0.25) is 5.91 Å². The zero-order valence-electron chi connectivity index (χ0n) is 11.9. The first-order valence-corrected chi connectivity index (χ1v) is 7.30. The molecule has 5 heteroatoms. The van der Waals surface area contributed by atoms with Crippen molar-refractivity contribution in [2.24, 2.45) is 11.3 Å². The van der Waals surface area contributed by atoms with Crippen molar-refractivity contribution in [3.05, 3.63) is 18.3 Å². The Morgan fingerprint density at radius 1 is 1.40 bits per heavy atom. The Bertz CT molecular complexity index is 483. The lowest BCUT2D eigenvalue weighted by Crippen LogP contribution is -2.50. The van der Waals surface area contributed by atoms with E-state index in [1.54, 1.807) is 13.2 Å². The van der Waals surface area contributed by atoms with E-state index in [9.17, 15) is 4.79 Å². The smallest absolute Gasteiger partial charge is 0.222 e. The Morgan fingerprint density at radius 3 is 2.65 bits per heavy atom. The molecule has 20 heavy (non-hydrogen) atoms. The van der Waals surface area contributed by atoms with Crippen LogP contribution in [0.5, 0.6) is 0 Å². The predicted octanol–water partition coefficient (Wildman–Crippen LogP) is 1.41. The van der Waals surface area contributed by atoms with E-state index >= 15 is 0 Å². The van der Waals surface area contributed by atoms with Crippen molar-refractivity contribution in [2.45, 2.75) is 25.7 Å². The van der Waals surface area contributed by atoms with Crippen LogP contribution in [-0.2, 0) is 4.79 Å². The molecule has 2 aliphatic rings. The number of hydrogen-bond donors (Lipinski definition) is 2. The van der Waals surface area contributed by atoms with Crippen LogP contribution in [0.1, 0.15) is 25.7 Å². The number of carbonyl (C=O) groups excluding carboxylic acids is 1. The van der Waals surface area contributed by atoms with Crippen LogP contribution < -0.4 is 16.0 Å². The second-order valence-electron chi connectivity index (χ2n) is 6.16. The largest absolute Gasteiger partial charge is 0.397 e. The van der Waals surface area contributed by atoms with Gasteiger partial charge in [-0.25, -0.2) is 4.98 Å². The summed E-state index contributed by atoms with van der Waals surface area (Å²) in [5.74, 6) is 1.45. The molecule has 0 aromatic carbocycles. The topological polar surface area (TPSA) is 71.2 Å². The Kier molecular flexibility index (Phi) is 3.28. The summed E-state index contributed by atoms with van der Waals surface area (Å²) in [5.41, 5.74) is 6.78. The predicted molar refractivity (Wildman–Crippen MR) is 79.3 cm³/mol. The highest BCUT2D eigenvalue weighted by Crippen LogP contribution is 2.52. The van der Waals surface area contributed by atoms with Gasteiger partial charge in [-0.15, -0.1) is 0 Å². The van der Waals surface area contributed by atoms with Gasteiger partial charge in [-0.05, 0) is 43.2 Å². The van der Waals surface area contributed by atoms with Crippen LogP contribution in [0.15, 0.2) is 18.3 Å². The van der Waals surface area contributed by atoms with Crippen molar-refractivity contribution in [1.82, 2.24) is 10.3 Å². The highest BCUT2D eigenvalue weighted by atomic mass is 16.1. The minimum Gasteiger partial charge on any atom is -0.397 e. The van der Waals surface area contributed by atoms with E-state index in [-0.39, 0.29) is 11.8 Å². The molecule has 0 bridgehead atoms. The molecule has 1 spiro atoms. The molecule has 5 nitrogen and oxygen atoms in total. The molecule has 3 rings (SSSR count). The van der Waals surface area contributed by atoms with E-state index in [0.717, 1.165) is 44.6 Å². The normalized spacial score (nSPS) is 21.6. The van der Waals surface area contributed by atoms with Crippen molar-refractivity contribution < 1.29 is 4.79 Å². The Hall–Kier alpha value is -1.78. The number of hydrogen-bond acceptors (Lipinski definition) is 4. The minimum atomic E-state index is 0.207. The summed E-state index contributed by atoms with van der Waals surface area (Å²) >= 11 is 0. The fraction of sp³-hybridized carbons (Fsp3) is 0.600. The van der Waals surface area contributed by atoms with Gasteiger partial charge in [-0.2, -0.15) is 0 Å². The highest BCUT2D eigenvalue weighted by molar-refractivity contribution is 5.79. The summed E-state index contributed by atoms with van der Waals surface area (Å²) in [4.78, 5) is 18.3. The number of carbonyl (C=O) groups is 1. The van der Waals surface area contributed by atoms with Crippen LogP contribution in [0.25, 0.3) is 0 Å². The molecule has 1 amide bonds. The van der Waals surface area contributed by atoms with Crippen molar-refractivity contribution >= 4 is 17.4 Å². The van der Waals surface area contributed by atoms with E-state index in [1.165, 1.54) is 0 Å². The molecule has 108 valence electrons. The number of amides is 1. The van der Waals surface area contributed by atoms with Gasteiger partial charge in [-0.1, -0.05) is 0 Å². The quantitative estimate of drug-likeness (QED) is 0.855. The van der Waals surface area contributed by atoms with Gasteiger partial charge in [0.25, 0.3) is 0 Å². The van der Waals surface area contributed by atoms with Gasteiger partial charge in [0.15, 0.2) is 0 Å². The fourth-order valence-corrected chi connectivity index (χ4v) is 3.58. The summed E-state index contributed by atoms with van der Waals surface area (Å²) in [7, 11) is 1.72. The molecule has 3 N–H and O–H groups in total. The van der Waals surface area contributed by atoms with E-state index in [0.29, 0.717) is 11.1 Å². The first-order valence-electron chi connectivity index (χ1n) is 7.30. The second-order valence-corrected chi connectivity index (χ2v) is 6.16. The molecule has 1 aromatic rings. The summed E-state index contributed by atoms with van der Waals surface area (Å²) in [6, 6.07) is 3.89. The number of nitrogens with two attached hydrogens (primary N) is 1. The first kappa shape index (κ1) is 13.2. The molecular formula is C15H22N4O. The van der Waals surface area contributed by atoms with Gasteiger partial charge >= 0.3 is 0 Å². The van der Waals surface area contributed by atoms with Crippen molar-refractivity contribution in [3.8, 4) is 0 Å². The second kappa shape index (κ2) is 4.96. The monoisotopic (exact) mass is 274 g/mol. The number of aromatic nitrogens is 1. The summed E-state index contributed by atoms with van der Waals surface area (Å²) < 4.78 is 0. The molecule has 0 atom stereocenters. The van der Waals surface area contributed by atoms with E-state index in [2.05, 4.69) is 15.2 Å². The maximum Gasteiger partial charge on any atom is 0.222 e. The van der Waals surface area contributed by atoms with Crippen molar-refractivity contribution in [2.75, 3.05) is 30.8 Å². The number of nitrogens with zero attached hydrogens (tertiary/aromatic N) is 2. The molecule has 0 radical (unpaired) electrons. The summed E-state index contributed by atoms with van der Waals surface area (Å²) in [5, 5.41) is 2.76. The maximum atomic E-state index is 11.6. The fourth-order valence-electron chi connectivity index (χ4n) is 3.58. The minimum absolute atomic E-state index is 0.207. The molecule has 1 aliphatic carbocycles. The SMILES string of the molecule is CNC(=O)C1CC2(CCN(c3ccc(N)cn3)CC2)C1. The molecule has 1 saturated heterocycles. The third-order valence-electron chi connectivity index (χ3n) is 4.89. The average Bonchev–Trinajstić information content (AvgIpc) is 2.45. The summed E-state index contributed by atoms with van der Waals surface area (Å²) in [6.45, 7) is 2.05. The number of pyridine rings is 1. The van der Waals surface area contributed by atoms with E-state index in [1.807, 2.05) is 12.1 Å². The van der Waals surface area contributed by atoms with Gasteiger partial charge in [0, 0.05) is 26.1 Å². The maximum absolute atomic E-state index is 11.6. The van der Waals surface area contributed by atoms with Crippen molar-refractivity contribution in [1.29, 1.82) is 0 Å². The standard InChI is InChI=1S/C15H22N4O/c1-17-14(20)11-8-15(9-11)4-6-19(7-5-15)13-3-2-12(16)10-18-13/h2-3,10-11H,4-9,16H2,1H3,(H,17,20). The highest BCUT2D eigenvalue weighted by Gasteiger charge is 2.48. The van der Waals surface area contributed by atoms with Crippen LogP contribution in [-0.4, -0.2) is 31.0 Å². The molecular weight excluding hydrogens is 252 g/mol. The zero-order valence-corrected chi connectivity index (χ0v) is 11.9. The lowest BCUT2D eigenvalue weighted by molar-refractivity contribution is -0.133. The van der Waals surface area contributed by atoms with Crippen LogP contribution in [0, 0.1) is 11.3 Å². The van der Waals surface area contributed by atoms with Gasteiger partial charge in [0.05, 0.1) is 11.9 Å². The van der Waals surface area contributed by atoms with Crippen molar-refractivity contribution in [3.63, 3.8) is 0 Å². The zero-order chi connectivity index (χ0) is 14.2. The van der Waals surface area contributed by atoms with Crippen LogP contribution in [0.4, 0.5) is 11.5 Å². The number of rotatable bonds is 2. The lowest BCUT2D eigenvalue weighted by Gasteiger charge is -2.51. The lowest BCUT2D eigenvalue weighted by atomic mass is 9.57. The number of nitrogen functional groups attached to an aromatic ring is 1. The van der Waals surface area contributed by atoms with E-state index < -0.39 is 0 Å². The molecule has 1 saturated carbocycles. The molecule has 2 fully saturated rings. The first-order chi connectivity index (χ1) is 9.62. The van der Waals surface area contributed by atoms with Gasteiger partial charge < -0.3 is 16.0 Å². The van der Waals surface area contributed by atoms with Crippen LogP contribution >= 0.6 is 0 Å². The van der Waals surface area contributed by atoms with Crippen LogP contribution in [0.3, 0.4) is 0 Å². The van der Waals surface area contributed by atoms with Crippen LogP contribution in [0.2, 0.25) is 0 Å². The molecule has 1 aromatic heterocycles. The molecule has 0 unspecified atom stereocenters. The Morgan fingerprint density at radius 2 is 2.10 bits per heavy atom. The summed E-state index contributed by atoms with van der Waals surface area (Å²) in [6.07, 6.45) is 6.13. The number of piperidine rings is 1. The average molecular weight is 274 g/mol. The molecule has 2 heterocycles. The third-order valence-corrected chi connectivity index (χ3v) is 4.89. The number of nitrogens with one attached hydrogen (secondary N) is 1. The Balaban J connectivity index is 1.56. The van der Waals surface area contributed by atoms with Gasteiger partial charge in [0.1, 0.15) is 5.82 Å². The van der Waals surface area contributed by atoms with Gasteiger partial charge in [-0.3, -0.25) is 4.79 Å². The Labute approximate surface area is 119 Å². The third kappa shape index (κ3) is 2.32. The number of anilines is 2. The van der Waals surface area contributed by atoms with E-state index in [4.69, 9.17) is 5.73 Å². The molecule has 1 aliphatic heterocycles.